The first kappa shape index (κ1) is 16.7. The molecule has 3 rings (SSSR count). The van der Waals surface area contributed by atoms with E-state index in [1.165, 1.54) is 16.9 Å². The highest BCUT2D eigenvalue weighted by molar-refractivity contribution is 7.14. The number of halogens is 1. The predicted molar refractivity (Wildman–Crippen MR) is 91.2 cm³/mol. The Hall–Kier alpha value is -1.63. The van der Waals surface area contributed by atoms with Crippen LogP contribution in [-0.2, 0) is 11.2 Å². The summed E-state index contributed by atoms with van der Waals surface area (Å²) in [6.07, 6.45) is 1.39. The number of aromatic nitrogens is 1. The third-order valence-electron chi connectivity index (χ3n) is 3.34. The van der Waals surface area contributed by atoms with Crippen LogP contribution in [0.5, 0.6) is 5.75 Å². The van der Waals surface area contributed by atoms with Crippen LogP contribution in [0, 0.1) is 0 Å². The Kier molecular flexibility index (Phi) is 5.76. The minimum Gasteiger partial charge on any atom is -0.493 e. The number of anilines is 1. The van der Waals surface area contributed by atoms with Gasteiger partial charge in [-0.05, 0) is 30.8 Å². The van der Waals surface area contributed by atoms with Crippen molar-refractivity contribution >= 4 is 34.8 Å². The van der Waals surface area contributed by atoms with Crippen molar-refractivity contribution in [2.45, 2.75) is 12.8 Å². The van der Waals surface area contributed by atoms with E-state index in [-0.39, 0.29) is 18.3 Å². The molecule has 0 atom stereocenters. The van der Waals surface area contributed by atoms with Gasteiger partial charge in [0.15, 0.2) is 5.13 Å². The molecule has 0 unspecified atom stereocenters. The summed E-state index contributed by atoms with van der Waals surface area (Å²) in [5, 5.41) is 8.38. The lowest BCUT2D eigenvalue weighted by atomic mass is 10.1. The molecular weight excluding hydrogens is 322 g/mol. The maximum atomic E-state index is 11.7. The molecule has 0 fully saturated rings. The van der Waals surface area contributed by atoms with Crippen LogP contribution in [0.1, 0.15) is 12.0 Å². The van der Waals surface area contributed by atoms with Crippen LogP contribution in [0.25, 0.3) is 11.3 Å². The number of ether oxygens (including phenoxy) is 1. The van der Waals surface area contributed by atoms with Gasteiger partial charge in [-0.25, -0.2) is 4.98 Å². The number of carbonyl (C=O) groups excluding carboxylic acids is 1. The van der Waals surface area contributed by atoms with Gasteiger partial charge in [-0.15, -0.1) is 23.7 Å². The highest BCUT2D eigenvalue weighted by Crippen LogP contribution is 2.31. The maximum Gasteiger partial charge on any atom is 0.227 e. The molecule has 1 aliphatic heterocycles. The van der Waals surface area contributed by atoms with E-state index in [1.54, 1.807) is 0 Å². The standard InChI is InChI=1S/C15H17N3O2S.ClH/c1-16-6-4-14(19)18-15-17-12(9-21-15)10-2-3-13-11(8-10)5-7-20-13;/h2-3,8-9,16H,4-7H2,1H3,(H,17,18,19);1H. The second-order valence-electron chi connectivity index (χ2n) is 4.86. The van der Waals surface area contributed by atoms with Gasteiger partial charge in [0.2, 0.25) is 5.91 Å². The monoisotopic (exact) mass is 339 g/mol. The molecule has 22 heavy (non-hydrogen) atoms. The van der Waals surface area contributed by atoms with Crippen molar-refractivity contribution in [2.24, 2.45) is 0 Å². The number of benzene rings is 1. The summed E-state index contributed by atoms with van der Waals surface area (Å²) in [7, 11) is 1.83. The van der Waals surface area contributed by atoms with Crippen LogP contribution in [0.2, 0.25) is 0 Å². The van der Waals surface area contributed by atoms with E-state index in [0.717, 1.165) is 30.0 Å². The Balaban J connectivity index is 0.00000176. The lowest BCUT2D eigenvalue weighted by molar-refractivity contribution is -0.116. The van der Waals surface area contributed by atoms with Gasteiger partial charge in [0.1, 0.15) is 5.75 Å². The van der Waals surface area contributed by atoms with Gasteiger partial charge in [-0.2, -0.15) is 0 Å². The smallest absolute Gasteiger partial charge is 0.227 e. The van der Waals surface area contributed by atoms with Gasteiger partial charge in [-0.1, -0.05) is 0 Å². The molecule has 0 saturated carbocycles. The van der Waals surface area contributed by atoms with E-state index in [9.17, 15) is 4.79 Å². The number of rotatable bonds is 5. The number of carbonyl (C=O) groups is 1. The Bertz CT molecular complexity index is 660. The highest BCUT2D eigenvalue weighted by Gasteiger charge is 2.14. The van der Waals surface area contributed by atoms with Gasteiger partial charge in [0, 0.05) is 30.3 Å². The van der Waals surface area contributed by atoms with Crippen LogP contribution < -0.4 is 15.4 Å². The number of thiazole rings is 1. The Morgan fingerprint density at radius 1 is 1.45 bits per heavy atom. The predicted octanol–water partition coefficient (Wildman–Crippen LogP) is 2.71. The zero-order chi connectivity index (χ0) is 14.7. The van der Waals surface area contributed by atoms with Crippen LogP contribution in [0.4, 0.5) is 5.13 Å². The summed E-state index contributed by atoms with van der Waals surface area (Å²) in [6, 6.07) is 6.11. The van der Waals surface area contributed by atoms with Crippen LogP contribution in [0.3, 0.4) is 0 Å². The first-order valence-electron chi connectivity index (χ1n) is 6.92. The van der Waals surface area contributed by atoms with Gasteiger partial charge >= 0.3 is 0 Å². The van der Waals surface area contributed by atoms with E-state index in [4.69, 9.17) is 4.74 Å². The summed E-state index contributed by atoms with van der Waals surface area (Å²) in [5.41, 5.74) is 3.17. The molecule has 1 aromatic carbocycles. The fourth-order valence-electron chi connectivity index (χ4n) is 2.23. The molecular formula is C15H18ClN3O2S. The molecule has 2 heterocycles. The second kappa shape index (κ2) is 7.58. The summed E-state index contributed by atoms with van der Waals surface area (Å²) < 4.78 is 5.50. The molecule has 118 valence electrons. The fraction of sp³-hybridized carbons (Fsp3) is 0.333. The highest BCUT2D eigenvalue weighted by atomic mass is 35.5. The molecule has 2 aromatic rings. The first-order valence-corrected chi connectivity index (χ1v) is 7.80. The SMILES string of the molecule is CNCCC(=O)Nc1nc(-c2ccc3c(c2)CCO3)cs1.Cl. The molecule has 7 heteroatoms. The summed E-state index contributed by atoms with van der Waals surface area (Å²) >= 11 is 1.44. The van der Waals surface area contributed by atoms with E-state index in [1.807, 2.05) is 24.6 Å². The van der Waals surface area contributed by atoms with Crippen LogP contribution >= 0.6 is 23.7 Å². The number of amides is 1. The molecule has 2 N–H and O–H groups in total. The molecule has 1 aromatic heterocycles. The van der Waals surface area contributed by atoms with Gasteiger partial charge < -0.3 is 15.4 Å². The molecule has 5 nitrogen and oxygen atoms in total. The molecule has 0 radical (unpaired) electrons. The minimum atomic E-state index is -0.0207. The molecule has 0 saturated heterocycles. The van der Waals surface area contributed by atoms with Crippen molar-refractivity contribution in [3.8, 4) is 17.0 Å². The summed E-state index contributed by atoms with van der Waals surface area (Å²) in [5.74, 6) is 0.946. The number of hydrogen-bond donors (Lipinski definition) is 2. The van der Waals surface area contributed by atoms with Crippen molar-refractivity contribution in [3.63, 3.8) is 0 Å². The van der Waals surface area contributed by atoms with Crippen molar-refractivity contribution in [2.75, 3.05) is 25.5 Å². The van der Waals surface area contributed by atoms with Crippen LogP contribution in [0.15, 0.2) is 23.6 Å². The lowest BCUT2D eigenvalue weighted by Gasteiger charge is -2.02. The average molecular weight is 340 g/mol. The van der Waals surface area contributed by atoms with Gasteiger partial charge in [-0.3, -0.25) is 4.79 Å². The number of nitrogens with zero attached hydrogens (tertiary/aromatic N) is 1. The van der Waals surface area contributed by atoms with Crippen molar-refractivity contribution in [3.05, 3.63) is 29.1 Å². The third kappa shape index (κ3) is 3.76. The van der Waals surface area contributed by atoms with E-state index in [0.29, 0.717) is 18.1 Å². The molecule has 0 spiro atoms. The first-order chi connectivity index (χ1) is 10.3. The van der Waals surface area contributed by atoms with Crippen molar-refractivity contribution < 1.29 is 9.53 Å². The Morgan fingerprint density at radius 2 is 2.32 bits per heavy atom. The molecule has 1 aliphatic rings. The molecule has 0 aliphatic carbocycles. The van der Waals surface area contributed by atoms with Crippen molar-refractivity contribution in [1.82, 2.24) is 10.3 Å². The van der Waals surface area contributed by atoms with Gasteiger partial charge in [0.25, 0.3) is 0 Å². The zero-order valence-electron chi connectivity index (χ0n) is 12.2. The second-order valence-corrected chi connectivity index (χ2v) is 5.72. The average Bonchev–Trinajstić information content (AvgIpc) is 3.12. The summed E-state index contributed by atoms with van der Waals surface area (Å²) in [4.78, 5) is 16.1. The Labute approximate surface area is 139 Å². The largest absolute Gasteiger partial charge is 0.493 e. The quantitative estimate of drug-likeness (QED) is 0.879. The van der Waals surface area contributed by atoms with Gasteiger partial charge in [0.05, 0.1) is 12.3 Å². The third-order valence-corrected chi connectivity index (χ3v) is 4.10. The lowest BCUT2D eigenvalue weighted by Crippen LogP contribution is -2.18. The number of nitrogens with one attached hydrogen (secondary N) is 2. The van der Waals surface area contributed by atoms with E-state index >= 15 is 0 Å². The number of fused-ring (bicyclic) bond motifs is 1. The van der Waals surface area contributed by atoms with Crippen LogP contribution in [-0.4, -0.2) is 31.1 Å². The van der Waals surface area contributed by atoms with E-state index < -0.39 is 0 Å². The maximum absolute atomic E-state index is 11.7. The van der Waals surface area contributed by atoms with Crippen molar-refractivity contribution in [1.29, 1.82) is 0 Å². The normalized spacial score (nSPS) is 12.2. The topological polar surface area (TPSA) is 63.2 Å². The zero-order valence-corrected chi connectivity index (χ0v) is 13.9. The molecule has 1 amide bonds. The molecule has 0 bridgehead atoms. The minimum absolute atomic E-state index is 0. The fourth-order valence-corrected chi connectivity index (χ4v) is 2.97. The Morgan fingerprint density at radius 3 is 3.14 bits per heavy atom. The van der Waals surface area contributed by atoms with E-state index in [2.05, 4.69) is 21.7 Å². The number of hydrogen-bond acceptors (Lipinski definition) is 5. The summed E-state index contributed by atoms with van der Waals surface area (Å²) in [6.45, 7) is 1.41.